The van der Waals surface area contributed by atoms with Crippen LogP contribution >= 0.6 is 0 Å². The smallest absolute Gasteiger partial charge is 0.317 e. The Morgan fingerprint density at radius 3 is 3.05 bits per heavy atom. The summed E-state index contributed by atoms with van der Waals surface area (Å²) in [5.74, 6) is -0.565. The van der Waals surface area contributed by atoms with E-state index in [-0.39, 0.29) is 30.8 Å². The zero-order valence-electron chi connectivity index (χ0n) is 12.3. The molecular formula is C15H17FN4O2. The van der Waals surface area contributed by atoms with E-state index in [0.717, 1.165) is 0 Å². The SMILES string of the molecule is CN(CCC#N)C(=O)N[C@@H]1CC(=O)N(c2cccc(F)c2)C1. The summed E-state index contributed by atoms with van der Waals surface area (Å²) < 4.78 is 13.2. The third kappa shape index (κ3) is 3.73. The van der Waals surface area contributed by atoms with Crippen molar-refractivity contribution in [1.29, 1.82) is 5.26 Å². The molecule has 1 heterocycles. The molecule has 0 aromatic heterocycles. The Bertz CT molecular complexity index is 614. The van der Waals surface area contributed by atoms with E-state index in [2.05, 4.69) is 5.32 Å². The highest BCUT2D eigenvalue weighted by molar-refractivity contribution is 5.96. The van der Waals surface area contributed by atoms with E-state index in [1.54, 1.807) is 19.2 Å². The Kier molecular flexibility index (Phi) is 4.94. The maximum Gasteiger partial charge on any atom is 0.317 e. The van der Waals surface area contributed by atoms with Crippen LogP contribution in [0.2, 0.25) is 0 Å². The van der Waals surface area contributed by atoms with Gasteiger partial charge in [-0.1, -0.05) is 6.07 Å². The van der Waals surface area contributed by atoms with Crippen LogP contribution in [-0.4, -0.2) is 43.0 Å². The highest BCUT2D eigenvalue weighted by Gasteiger charge is 2.32. The predicted octanol–water partition coefficient (Wildman–Crippen LogP) is 1.49. The number of nitriles is 1. The number of nitrogens with zero attached hydrogens (tertiary/aromatic N) is 3. The molecule has 0 spiro atoms. The van der Waals surface area contributed by atoms with E-state index in [9.17, 15) is 14.0 Å². The average Bonchev–Trinajstić information content (AvgIpc) is 2.85. The summed E-state index contributed by atoms with van der Waals surface area (Å²) >= 11 is 0. The van der Waals surface area contributed by atoms with Gasteiger partial charge in [-0.05, 0) is 18.2 Å². The molecular weight excluding hydrogens is 287 g/mol. The van der Waals surface area contributed by atoms with Crippen molar-refractivity contribution in [3.05, 3.63) is 30.1 Å². The second kappa shape index (κ2) is 6.89. The molecule has 7 heteroatoms. The number of halogens is 1. The molecule has 6 nitrogen and oxygen atoms in total. The van der Waals surface area contributed by atoms with E-state index in [1.807, 2.05) is 6.07 Å². The van der Waals surface area contributed by atoms with Gasteiger partial charge in [-0.15, -0.1) is 0 Å². The predicted molar refractivity (Wildman–Crippen MR) is 78.5 cm³/mol. The quantitative estimate of drug-likeness (QED) is 0.915. The van der Waals surface area contributed by atoms with Gasteiger partial charge in [0.15, 0.2) is 0 Å². The van der Waals surface area contributed by atoms with Crippen LogP contribution in [0.25, 0.3) is 0 Å². The Hall–Kier alpha value is -2.62. The van der Waals surface area contributed by atoms with E-state index in [0.29, 0.717) is 18.8 Å². The first-order valence-corrected chi connectivity index (χ1v) is 6.95. The molecule has 3 amide bonds. The van der Waals surface area contributed by atoms with Gasteiger partial charge < -0.3 is 15.1 Å². The van der Waals surface area contributed by atoms with Crippen LogP contribution in [0.15, 0.2) is 24.3 Å². The van der Waals surface area contributed by atoms with Gasteiger partial charge in [-0.25, -0.2) is 9.18 Å². The number of carbonyl (C=O) groups is 2. The third-order valence-electron chi connectivity index (χ3n) is 3.48. The molecule has 0 unspecified atom stereocenters. The minimum Gasteiger partial charge on any atom is -0.333 e. The standard InChI is InChI=1S/C15H17FN4O2/c1-19(7-3-6-17)15(22)18-12-9-14(21)20(10-12)13-5-2-4-11(16)8-13/h2,4-5,8,12H,3,7,9-10H2,1H3,(H,18,22)/t12-/m1/s1. The summed E-state index contributed by atoms with van der Waals surface area (Å²) in [6, 6.07) is 7.12. The van der Waals surface area contributed by atoms with Gasteiger partial charge in [0.05, 0.1) is 18.5 Å². The molecule has 1 aromatic carbocycles. The molecule has 116 valence electrons. The Morgan fingerprint density at radius 2 is 2.36 bits per heavy atom. The summed E-state index contributed by atoms with van der Waals surface area (Å²) in [6.45, 7) is 0.636. The topological polar surface area (TPSA) is 76.4 Å². The van der Waals surface area contributed by atoms with Crippen molar-refractivity contribution in [3.63, 3.8) is 0 Å². The Balaban J connectivity index is 1.95. The lowest BCUT2D eigenvalue weighted by molar-refractivity contribution is -0.117. The monoisotopic (exact) mass is 304 g/mol. The van der Waals surface area contributed by atoms with Crippen LogP contribution in [0.5, 0.6) is 0 Å². The maximum absolute atomic E-state index is 13.2. The van der Waals surface area contributed by atoms with E-state index >= 15 is 0 Å². The molecule has 0 saturated carbocycles. The molecule has 0 radical (unpaired) electrons. The normalized spacial score (nSPS) is 17.2. The zero-order valence-corrected chi connectivity index (χ0v) is 12.3. The lowest BCUT2D eigenvalue weighted by Crippen LogP contribution is -2.44. The van der Waals surface area contributed by atoms with Gasteiger partial charge in [0.2, 0.25) is 5.91 Å². The molecule has 1 aromatic rings. The minimum atomic E-state index is -0.408. The summed E-state index contributed by atoms with van der Waals surface area (Å²) in [5.41, 5.74) is 0.486. The van der Waals surface area contributed by atoms with Crippen LogP contribution < -0.4 is 10.2 Å². The van der Waals surface area contributed by atoms with Gasteiger partial charge >= 0.3 is 6.03 Å². The second-order valence-corrected chi connectivity index (χ2v) is 5.16. The third-order valence-corrected chi connectivity index (χ3v) is 3.48. The van der Waals surface area contributed by atoms with Crippen molar-refractivity contribution in [2.45, 2.75) is 18.9 Å². The fourth-order valence-corrected chi connectivity index (χ4v) is 2.30. The highest BCUT2D eigenvalue weighted by atomic mass is 19.1. The summed E-state index contributed by atoms with van der Waals surface area (Å²) in [4.78, 5) is 26.8. The number of carbonyl (C=O) groups excluding carboxylic acids is 2. The van der Waals surface area contributed by atoms with Crippen molar-refractivity contribution in [1.82, 2.24) is 10.2 Å². The van der Waals surface area contributed by atoms with Gasteiger partial charge in [0.1, 0.15) is 5.82 Å². The van der Waals surface area contributed by atoms with Crippen LogP contribution in [0, 0.1) is 17.1 Å². The van der Waals surface area contributed by atoms with Gasteiger partial charge in [-0.2, -0.15) is 5.26 Å². The first-order chi connectivity index (χ1) is 10.5. The lowest BCUT2D eigenvalue weighted by Gasteiger charge is -2.20. The number of hydrogen-bond donors (Lipinski definition) is 1. The zero-order chi connectivity index (χ0) is 16.1. The minimum absolute atomic E-state index is 0.157. The summed E-state index contributed by atoms with van der Waals surface area (Å²) in [5, 5.41) is 11.3. The Morgan fingerprint density at radius 1 is 1.59 bits per heavy atom. The molecule has 2 rings (SSSR count). The van der Waals surface area contributed by atoms with Crippen molar-refractivity contribution < 1.29 is 14.0 Å². The van der Waals surface area contributed by atoms with Crippen LogP contribution in [0.3, 0.4) is 0 Å². The maximum atomic E-state index is 13.2. The van der Waals surface area contributed by atoms with Crippen LogP contribution in [0.4, 0.5) is 14.9 Å². The van der Waals surface area contributed by atoms with E-state index in [1.165, 1.54) is 21.9 Å². The van der Waals surface area contributed by atoms with Gasteiger partial charge in [-0.3, -0.25) is 4.79 Å². The summed E-state index contributed by atoms with van der Waals surface area (Å²) in [7, 11) is 1.59. The van der Waals surface area contributed by atoms with Crippen molar-refractivity contribution in [3.8, 4) is 6.07 Å². The summed E-state index contributed by atoms with van der Waals surface area (Å²) in [6.07, 6.45) is 0.428. The van der Waals surface area contributed by atoms with Crippen molar-refractivity contribution in [2.75, 3.05) is 25.0 Å². The molecule has 1 N–H and O–H groups in total. The molecule has 1 saturated heterocycles. The molecule has 1 fully saturated rings. The number of benzene rings is 1. The fraction of sp³-hybridized carbons (Fsp3) is 0.400. The number of amides is 3. The van der Waals surface area contributed by atoms with Crippen LogP contribution in [0.1, 0.15) is 12.8 Å². The fourth-order valence-electron chi connectivity index (χ4n) is 2.30. The van der Waals surface area contributed by atoms with E-state index in [4.69, 9.17) is 5.26 Å². The largest absolute Gasteiger partial charge is 0.333 e. The average molecular weight is 304 g/mol. The first kappa shape index (κ1) is 15.8. The van der Waals surface area contributed by atoms with Crippen LogP contribution in [-0.2, 0) is 4.79 Å². The molecule has 0 bridgehead atoms. The van der Waals surface area contributed by atoms with Crippen molar-refractivity contribution in [2.24, 2.45) is 0 Å². The van der Waals surface area contributed by atoms with Gasteiger partial charge in [0, 0.05) is 32.2 Å². The number of urea groups is 1. The first-order valence-electron chi connectivity index (χ1n) is 6.95. The van der Waals surface area contributed by atoms with Gasteiger partial charge in [0.25, 0.3) is 0 Å². The lowest BCUT2D eigenvalue weighted by atomic mass is 10.2. The molecule has 1 aliphatic heterocycles. The van der Waals surface area contributed by atoms with E-state index < -0.39 is 5.82 Å². The Labute approximate surface area is 128 Å². The number of nitrogens with one attached hydrogen (secondary N) is 1. The molecule has 22 heavy (non-hydrogen) atoms. The second-order valence-electron chi connectivity index (χ2n) is 5.16. The molecule has 1 atom stereocenters. The molecule has 1 aliphatic rings. The molecule has 0 aliphatic carbocycles. The highest BCUT2D eigenvalue weighted by Crippen LogP contribution is 2.22. The van der Waals surface area contributed by atoms with Crippen molar-refractivity contribution >= 4 is 17.6 Å². The number of hydrogen-bond acceptors (Lipinski definition) is 3. The number of rotatable bonds is 4. The number of anilines is 1.